The highest BCUT2D eigenvalue weighted by Gasteiger charge is 2.04. The molecule has 0 heterocycles. The molecule has 1 aromatic rings. The van der Waals surface area contributed by atoms with E-state index in [-0.39, 0.29) is 6.04 Å². The second kappa shape index (κ2) is 7.71. The molecular weight excluding hydrogens is 248 g/mol. The van der Waals surface area contributed by atoms with Crippen molar-refractivity contribution in [3.05, 3.63) is 35.4 Å². The first-order chi connectivity index (χ1) is 9.02. The molecule has 2 N–H and O–H groups in total. The Morgan fingerprint density at radius 3 is 2.68 bits per heavy atom. The van der Waals surface area contributed by atoms with Gasteiger partial charge in [-0.3, -0.25) is 4.99 Å². The first-order valence-electron chi connectivity index (χ1n) is 6.51. The summed E-state index contributed by atoms with van der Waals surface area (Å²) in [6.07, 6.45) is 0.373. The molecule has 19 heavy (non-hydrogen) atoms. The van der Waals surface area contributed by atoms with E-state index in [0.29, 0.717) is 24.5 Å². The summed E-state index contributed by atoms with van der Waals surface area (Å²) in [5.74, 6) is -0.125. The van der Waals surface area contributed by atoms with Crippen molar-refractivity contribution in [1.29, 1.82) is 0 Å². The average molecular weight is 269 g/mol. The molecule has 0 amide bonds. The van der Waals surface area contributed by atoms with Crippen molar-refractivity contribution in [3.8, 4) is 0 Å². The van der Waals surface area contributed by atoms with Crippen molar-refractivity contribution in [1.82, 2.24) is 10.6 Å². The van der Waals surface area contributed by atoms with Gasteiger partial charge in [0.1, 0.15) is 11.6 Å². The van der Waals surface area contributed by atoms with E-state index in [1.54, 1.807) is 0 Å². The van der Waals surface area contributed by atoms with E-state index in [0.717, 1.165) is 18.7 Å². The molecule has 0 spiro atoms. The van der Waals surface area contributed by atoms with Gasteiger partial charge in [-0.15, -0.1) is 0 Å². The number of hydrogen-bond donors (Lipinski definition) is 2. The Balaban J connectivity index is 2.60. The average Bonchev–Trinajstić information content (AvgIpc) is 2.33. The molecule has 0 aliphatic carbocycles. The zero-order valence-corrected chi connectivity index (χ0v) is 11.6. The van der Waals surface area contributed by atoms with Gasteiger partial charge in [0.2, 0.25) is 0 Å². The Hall–Kier alpha value is -1.65. The normalized spacial score (nSPS) is 11.8. The van der Waals surface area contributed by atoms with Crippen molar-refractivity contribution in [3.63, 3.8) is 0 Å². The first kappa shape index (κ1) is 15.4. The lowest BCUT2D eigenvalue weighted by Gasteiger charge is -2.13. The first-order valence-corrected chi connectivity index (χ1v) is 6.51. The Labute approximate surface area is 113 Å². The molecule has 3 nitrogen and oxygen atoms in total. The van der Waals surface area contributed by atoms with Crippen LogP contribution in [0.4, 0.5) is 8.78 Å². The van der Waals surface area contributed by atoms with Crippen LogP contribution in [-0.2, 0) is 6.42 Å². The number of nitrogens with zero attached hydrogens (tertiary/aromatic N) is 1. The van der Waals surface area contributed by atoms with Crippen LogP contribution in [0.5, 0.6) is 0 Å². The second-order valence-corrected chi connectivity index (χ2v) is 4.55. The van der Waals surface area contributed by atoms with Gasteiger partial charge in [0.05, 0.1) is 0 Å². The molecule has 5 heteroatoms. The molecule has 0 aliphatic rings. The standard InChI is InChI=1S/C14H21F2N3/c1-4-17-14(19-10(2)3)18-8-7-11-9-12(15)5-6-13(11)16/h5-6,9-10H,4,7-8H2,1-3H3,(H2,17,18,19). The summed E-state index contributed by atoms with van der Waals surface area (Å²) >= 11 is 0. The van der Waals surface area contributed by atoms with Gasteiger partial charge < -0.3 is 10.6 Å². The summed E-state index contributed by atoms with van der Waals surface area (Å²) in [6, 6.07) is 3.75. The van der Waals surface area contributed by atoms with Crippen LogP contribution in [0.3, 0.4) is 0 Å². The van der Waals surface area contributed by atoms with Crippen molar-refractivity contribution in [2.75, 3.05) is 13.1 Å². The highest BCUT2D eigenvalue weighted by atomic mass is 19.1. The molecule has 0 fully saturated rings. The summed E-state index contributed by atoms with van der Waals surface area (Å²) in [5.41, 5.74) is 0.351. The molecule has 0 aliphatic heterocycles. The number of aliphatic imine (C=N–C) groups is 1. The third-order valence-corrected chi connectivity index (χ3v) is 2.43. The van der Waals surface area contributed by atoms with Gasteiger partial charge in [0.15, 0.2) is 5.96 Å². The van der Waals surface area contributed by atoms with Crippen LogP contribution in [0.15, 0.2) is 23.2 Å². The molecular formula is C14H21F2N3. The molecule has 0 bridgehead atoms. The maximum Gasteiger partial charge on any atom is 0.191 e. The van der Waals surface area contributed by atoms with Gasteiger partial charge in [0, 0.05) is 19.1 Å². The van der Waals surface area contributed by atoms with E-state index in [2.05, 4.69) is 15.6 Å². The molecule has 0 saturated carbocycles. The molecule has 0 unspecified atom stereocenters. The quantitative estimate of drug-likeness (QED) is 0.636. The largest absolute Gasteiger partial charge is 0.357 e. The zero-order valence-electron chi connectivity index (χ0n) is 11.6. The maximum atomic E-state index is 13.4. The van der Waals surface area contributed by atoms with E-state index < -0.39 is 11.6 Å². The summed E-state index contributed by atoms with van der Waals surface area (Å²) in [6.45, 7) is 7.16. The van der Waals surface area contributed by atoms with Crippen LogP contribution in [0, 0.1) is 11.6 Å². The summed E-state index contributed by atoms with van der Waals surface area (Å²) in [5, 5.41) is 6.26. The SMILES string of the molecule is CCNC(=NCCc1cc(F)ccc1F)NC(C)C. The van der Waals surface area contributed by atoms with Crippen molar-refractivity contribution >= 4 is 5.96 Å². The minimum Gasteiger partial charge on any atom is -0.357 e. The fraction of sp³-hybridized carbons (Fsp3) is 0.500. The third-order valence-electron chi connectivity index (χ3n) is 2.43. The highest BCUT2D eigenvalue weighted by molar-refractivity contribution is 5.79. The van der Waals surface area contributed by atoms with E-state index >= 15 is 0 Å². The lowest BCUT2D eigenvalue weighted by atomic mass is 10.1. The van der Waals surface area contributed by atoms with Gasteiger partial charge in [-0.25, -0.2) is 8.78 Å². The Morgan fingerprint density at radius 2 is 2.05 bits per heavy atom. The molecule has 0 atom stereocenters. The fourth-order valence-electron chi connectivity index (χ4n) is 1.62. The van der Waals surface area contributed by atoms with Gasteiger partial charge in [0.25, 0.3) is 0 Å². The lowest BCUT2D eigenvalue weighted by molar-refractivity contribution is 0.584. The predicted molar refractivity (Wildman–Crippen MR) is 74.3 cm³/mol. The van der Waals surface area contributed by atoms with Crippen LogP contribution < -0.4 is 10.6 Å². The van der Waals surface area contributed by atoms with E-state index in [1.165, 1.54) is 6.07 Å². The molecule has 0 saturated heterocycles. The molecule has 0 aromatic heterocycles. The number of rotatable bonds is 5. The maximum absolute atomic E-state index is 13.4. The predicted octanol–water partition coefficient (Wildman–Crippen LogP) is 2.47. The van der Waals surface area contributed by atoms with Crippen molar-refractivity contribution in [2.24, 2.45) is 4.99 Å². The second-order valence-electron chi connectivity index (χ2n) is 4.55. The summed E-state index contributed by atoms with van der Waals surface area (Å²) in [4.78, 5) is 4.32. The van der Waals surface area contributed by atoms with Gasteiger partial charge in [-0.05, 0) is 51.0 Å². The Bertz CT molecular complexity index is 431. The summed E-state index contributed by atoms with van der Waals surface area (Å²) in [7, 11) is 0. The van der Waals surface area contributed by atoms with Crippen LogP contribution >= 0.6 is 0 Å². The fourth-order valence-corrected chi connectivity index (χ4v) is 1.62. The van der Waals surface area contributed by atoms with E-state index in [4.69, 9.17) is 0 Å². The van der Waals surface area contributed by atoms with E-state index in [9.17, 15) is 8.78 Å². The van der Waals surface area contributed by atoms with Gasteiger partial charge in [-0.2, -0.15) is 0 Å². The van der Waals surface area contributed by atoms with Crippen LogP contribution in [0.25, 0.3) is 0 Å². The lowest BCUT2D eigenvalue weighted by Crippen LogP contribution is -2.41. The third kappa shape index (κ3) is 5.68. The number of nitrogens with one attached hydrogen (secondary N) is 2. The topological polar surface area (TPSA) is 36.4 Å². The van der Waals surface area contributed by atoms with Crippen LogP contribution in [0.1, 0.15) is 26.3 Å². The van der Waals surface area contributed by atoms with Crippen LogP contribution in [-0.4, -0.2) is 25.1 Å². The number of halogens is 2. The number of guanidine groups is 1. The zero-order chi connectivity index (χ0) is 14.3. The van der Waals surface area contributed by atoms with Crippen molar-refractivity contribution in [2.45, 2.75) is 33.2 Å². The summed E-state index contributed by atoms with van der Waals surface area (Å²) < 4.78 is 26.4. The number of benzene rings is 1. The molecule has 106 valence electrons. The molecule has 1 rings (SSSR count). The minimum atomic E-state index is -0.424. The van der Waals surface area contributed by atoms with Gasteiger partial charge >= 0.3 is 0 Å². The molecule has 0 radical (unpaired) electrons. The highest BCUT2D eigenvalue weighted by Crippen LogP contribution is 2.10. The monoisotopic (exact) mass is 269 g/mol. The smallest absolute Gasteiger partial charge is 0.191 e. The minimum absolute atomic E-state index is 0.267. The van der Waals surface area contributed by atoms with E-state index in [1.807, 2.05) is 20.8 Å². The number of hydrogen-bond acceptors (Lipinski definition) is 1. The van der Waals surface area contributed by atoms with Gasteiger partial charge in [-0.1, -0.05) is 0 Å². The Morgan fingerprint density at radius 1 is 1.32 bits per heavy atom. The Kier molecular flexibility index (Phi) is 6.25. The van der Waals surface area contributed by atoms with Crippen molar-refractivity contribution < 1.29 is 8.78 Å². The molecule has 1 aromatic carbocycles. The van der Waals surface area contributed by atoms with Crippen LogP contribution in [0.2, 0.25) is 0 Å².